The van der Waals surface area contributed by atoms with Gasteiger partial charge in [-0.2, -0.15) is 10.4 Å². The third-order valence-corrected chi connectivity index (χ3v) is 4.69. The lowest BCUT2D eigenvalue weighted by molar-refractivity contribution is -0.112. The van der Waals surface area contributed by atoms with Gasteiger partial charge in [-0.1, -0.05) is 19.1 Å². The van der Waals surface area contributed by atoms with Gasteiger partial charge < -0.3 is 5.32 Å². The first-order chi connectivity index (χ1) is 13.9. The van der Waals surface area contributed by atoms with Crippen LogP contribution in [0.25, 0.3) is 11.8 Å². The molecule has 3 rings (SSSR count). The maximum atomic E-state index is 13.2. The van der Waals surface area contributed by atoms with Crippen LogP contribution in [0.5, 0.6) is 0 Å². The van der Waals surface area contributed by atoms with Gasteiger partial charge in [-0.3, -0.25) is 4.79 Å². The molecule has 29 heavy (non-hydrogen) atoms. The number of carbonyl (C=O) groups excluding carboxylic acids is 1. The molecule has 0 unspecified atom stereocenters. The summed E-state index contributed by atoms with van der Waals surface area (Å²) in [5, 5.41) is 16.7. The van der Waals surface area contributed by atoms with Crippen molar-refractivity contribution in [1.29, 1.82) is 5.26 Å². The van der Waals surface area contributed by atoms with Crippen LogP contribution in [0.2, 0.25) is 0 Å². The summed E-state index contributed by atoms with van der Waals surface area (Å²) in [6.45, 7) is 5.70. The number of aromatic nitrogens is 2. The number of benzene rings is 2. The number of hydrogen-bond donors (Lipinski definition) is 1. The molecule has 0 saturated carbocycles. The Hall–Kier alpha value is -3.72. The molecule has 2 aromatic carbocycles. The number of rotatable bonds is 5. The molecule has 3 aromatic rings. The number of nitriles is 1. The second kappa shape index (κ2) is 8.53. The number of carbonyl (C=O) groups is 1. The molecule has 0 saturated heterocycles. The lowest BCUT2D eigenvalue weighted by Crippen LogP contribution is -2.13. The van der Waals surface area contributed by atoms with Gasteiger partial charge in [0.1, 0.15) is 17.5 Å². The van der Waals surface area contributed by atoms with Gasteiger partial charge in [0, 0.05) is 16.9 Å². The van der Waals surface area contributed by atoms with E-state index in [1.807, 2.05) is 37.3 Å². The zero-order valence-electron chi connectivity index (χ0n) is 16.5. The maximum absolute atomic E-state index is 13.2. The van der Waals surface area contributed by atoms with Crippen molar-refractivity contribution in [3.63, 3.8) is 0 Å². The van der Waals surface area contributed by atoms with Crippen LogP contribution in [0, 0.1) is 31.0 Å². The van der Waals surface area contributed by atoms with Crippen molar-refractivity contribution >= 4 is 17.7 Å². The van der Waals surface area contributed by atoms with E-state index in [9.17, 15) is 14.4 Å². The Morgan fingerprint density at radius 3 is 2.41 bits per heavy atom. The first-order valence-corrected chi connectivity index (χ1v) is 9.27. The molecule has 0 atom stereocenters. The van der Waals surface area contributed by atoms with Crippen LogP contribution in [0.15, 0.2) is 54.1 Å². The molecule has 6 heteroatoms. The van der Waals surface area contributed by atoms with Gasteiger partial charge in [-0.25, -0.2) is 9.07 Å². The normalized spacial score (nSPS) is 11.2. The quantitative estimate of drug-likeness (QED) is 0.507. The highest BCUT2D eigenvalue weighted by Crippen LogP contribution is 2.21. The van der Waals surface area contributed by atoms with Crippen molar-refractivity contribution in [3.8, 4) is 11.8 Å². The van der Waals surface area contributed by atoms with Crippen LogP contribution < -0.4 is 5.32 Å². The molecule has 5 nitrogen and oxygen atoms in total. The van der Waals surface area contributed by atoms with Gasteiger partial charge in [-0.05, 0) is 68.3 Å². The highest BCUT2D eigenvalue weighted by molar-refractivity contribution is 6.09. The molecule has 1 aromatic heterocycles. The molecule has 1 heterocycles. The minimum Gasteiger partial charge on any atom is -0.321 e. The van der Waals surface area contributed by atoms with E-state index in [0.717, 1.165) is 12.1 Å². The SMILES string of the molecule is CCc1ccc(NC(=O)/C(C#N)=C/c2c(C)nn(-c3ccc(F)cc3)c2C)cc1. The van der Waals surface area contributed by atoms with Crippen LogP contribution in [-0.4, -0.2) is 15.7 Å². The highest BCUT2D eigenvalue weighted by atomic mass is 19.1. The molecular weight excluding hydrogens is 367 g/mol. The fraction of sp³-hybridized carbons (Fsp3) is 0.174. The molecule has 0 aliphatic carbocycles. The number of anilines is 1. The largest absolute Gasteiger partial charge is 0.321 e. The van der Waals surface area contributed by atoms with Gasteiger partial charge >= 0.3 is 0 Å². The summed E-state index contributed by atoms with van der Waals surface area (Å²) < 4.78 is 14.9. The number of nitrogens with one attached hydrogen (secondary N) is 1. The number of aryl methyl sites for hydroxylation is 2. The molecule has 0 aliphatic heterocycles. The van der Waals surface area contributed by atoms with Gasteiger partial charge in [0.15, 0.2) is 0 Å². The average Bonchev–Trinajstić information content (AvgIpc) is 3.00. The van der Waals surface area contributed by atoms with E-state index < -0.39 is 5.91 Å². The molecular formula is C23H21FN4O. The Balaban J connectivity index is 1.89. The number of halogens is 1. The predicted molar refractivity (Wildman–Crippen MR) is 111 cm³/mol. The number of hydrogen-bond acceptors (Lipinski definition) is 3. The summed E-state index contributed by atoms with van der Waals surface area (Å²) in [7, 11) is 0. The summed E-state index contributed by atoms with van der Waals surface area (Å²) in [6, 6.07) is 15.4. The molecule has 0 bridgehead atoms. The zero-order valence-corrected chi connectivity index (χ0v) is 16.5. The molecule has 1 amide bonds. The topological polar surface area (TPSA) is 70.7 Å². The standard InChI is InChI=1S/C23H21FN4O/c1-4-17-5-9-20(10-6-17)26-23(29)18(14-25)13-22-15(2)27-28(16(22)3)21-11-7-19(24)8-12-21/h5-13H,4H2,1-3H3,(H,26,29)/b18-13+. The van der Waals surface area contributed by atoms with Crippen LogP contribution in [0.1, 0.15) is 29.4 Å². The summed E-state index contributed by atoms with van der Waals surface area (Å²) in [4.78, 5) is 12.6. The van der Waals surface area contributed by atoms with Crippen molar-refractivity contribution in [3.05, 3.63) is 82.4 Å². The van der Waals surface area contributed by atoms with Crippen molar-refractivity contribution in [2.45, 2.75) is 27.2 Å². The van der Waals surface area contributed by atoms with E-state index in [-0.39, 0.29) is 11.4 Å². The zero-order chi connectivity index (χ0) is 21.0. The number of amides is 1. The summed E-state index contributed by atoms with van der Waals surface area (Å²) in [5.74, 6) is -0.809. The van der Waals surface area contributed by atoms with Crippen LogP contribution >= 0.6 is 0 Å². The Bertz CT molecular complexity index is 1100. The van der Waals surface area contributed by atoms with Gasteiger partial charge in [0.2, 0.25) is 0 Å². The van der Waals surface area contributed by atoms with Crippen molar-refractivity contribution < 1.29 is 9.18 Å². The fourth-order valence-electron chi connectivity index (χ4n) is 3.01. The summed E-state index contributed by atoms with van der Waals surface area (Å²) in [6.07, 6.45) is 2.45. The predicted octanol–water partition coefficient (Wildman–Crippen LogP) is 4.74. The van der Waals surface area contributed by atoms with Crippen LogP contribution in [-0.2, 0) is 11.2 Å². The molecule has 1 N–H and O–H groups in total. The Kier molecular flexibility index (Phi) is 5.89. The van der Waals surface area contributed by atoms with Gasteiger partial charge in [-0.15, -0.1) is 0 Å². The maximum Gasteiger partial charge on any atom is 0.266 e. The molecule has 146 valence electrons. The van der Waals surface area contributed by atoms with E-state index in [0.29, 0.717) is 22.6 Å². The Labute approximate surface area is 169 Å². The lowest BCUT2D eigenvalue weighted by atomic mass is 10.1. The van der Waals surface area contributed by atoms with E-state index in [1.54, 1.807) is 23.7 Å². The molecule has 0 aliphatic rings. The van der Waals surface area contributed by atoms with Crippen LogP contribution in [0.3, 0.4) is 0 Å². The first kappa shape index (κ1) is 20.0. The summed E-state index contributed by atoms with van der Waals surface area (Å²) in [5.41, 5.74) is 4.58. The molecule has 0 radical (unpaired) electrons. The van der Waals surface area contributed by atoms with E-state index in [2.05, 4.69) is 17.3 Å². The minimum atomic E-state index is -0.481. The third kappa shape index (κ3) is 4.41. The van der Waals surface area contributed by atoms with Crippen molar-refractivity contribution in [1.82, 2.24) is 9.78 Å². The third-order valence-electron chi connectivity index (χ3n) is 4.69. The fourth-order valence-corrected chi connectivity index (χ4v) is 3.01. The molecule has 0 fully saturated rings. The monoisotopic (exact) mass is 388 g/mol. The van der Waals surface area contributed by atoms with E-state index in [1.165, 1.54) is 23.8 Å². The second-order valence-corrected chi connectivity index (χ2v) is 6.65. The molecule has 0 spiro atoms. The Morgan fingerprint density at radius 2 is 1.83 bits per heavy atom. The van der Waals surface area contributed by atoms with E-state index in [4.69, 9.17) is 0 Å². The second-order valence-electron chi connectivity index (χ2n) is 6.65. The number of nitrogens with zero attached hydrogens (tertiary/aromatic N) is 3. The Morgan fingerprint density at radius 1 is 1.17 bits per heavy atom. The van der Waals surface area contributed by atoms with Crippen molar-refractivity contribution in [2.24, 2.45) is 0 Å². The van der Waals surface area contributed by atoms with E-state index >= 15 is 0 Å². The van der Waals surface area contributed by atoms with Gasteiger partial charge in [0.05, 0.1) is 11.4 Å². The first-order valence-electron chi connectivity index (χ1n) is 9.27. The highest BCUT2D eigenvalue weighted by Gasteiger charge is 2.15. The summed E-state index contributed by atoms with van der Waals surface area (Å²) >= 11 is 0. The average molecular weight is 388 g/mol. The van der Waals surface area contributed by atoms with Crippen LogP contribution in [0.4, 0.5) is 10.1 Å². The minimum absolute atomic E-state index is 0.0191. The smallest absolute Gasteiger partial charge is 0.266 e. The van der Waals surface area contributed by atoms with Crippen molar-refractivity contribution in [2.75, 3.05) is 5.32 Å². The lowest BCUT2D eigenvalue weighted by Gasteiger charge is -2.06. The van der Waals surface area contributed by atoms with Gasteiger partial charge in [0.25, 0.3) is 5.91 Å².